The van der Waals surface area contributed by atoms with Gasteiger partial charge in [0.05, 0.1) is 24.4 Å². The number of aryl methyl sites for hydroxylation is 1. The quantitative estimate of drug-likeness (QED) is 0.386. The Bertz CT molecular complexity index is 793. The van der Waals surface area contributed by atoms with E-state index in [2.05, 4.69) is 26.5 Å². The van der Waals surface area contributed by atoms with Crippen molar-refractivity contribution in [2.45, 2.75) is 19.8 Å². The first-order valence-electron chi connectivity index (χ1n) is 8.07. The Hall–Kier alpha value is -2.54. The highest BCUT2D eigenvalue weighted by Crippen LogP contribution is 2.26. The minimum absolute atomic E-state index is 0.0499. The van der Waals surface area contributed by atoms with Crippen LogP contribution >= 0.6 is 15.9 Å². The minimum Gasteiger partial charge on any atom is -0.504 e. The third kappa shape index (κ3) is 6.07. The van der Waals surface area contributed by atoms with Crippen molar-refractivity contribution in [2.24, 2.45) is 5.10 Å². The first-order chi connectivity index (χ1) is 12.5. The van der Waals surface area contributed by atoms with Crippen molar-refractivity contribution in [1.82, 2.24) is 5.43 Å². The predicted molar refractivity (Wildman–Crippen MR) is 104 cm³/mol. The summed E-state index contributed by atoms with van der Waals surface area (Å²) in [6.45, 7) is 2.45. The Labute approximate surface area is 161 Å². The number of ether oxygens (including phenoxy) is 2. The number of carbonyl (C=O) groups is 1. The molecule has 26 heavy (non-hydrogen) atoms. The first kappa shape index (κ1) is 19.8. The number of benzene rings is 2. The van der Waals surface area contributed by atoms with Crippen LogP contribution in [0.1, 0.15) is 24.0 Å². The van der Waals surface area contributed by atoms with Gasteiger partial charge in [-0.2, -0.15) is 5.10 Å². The van der Waals surface area contributed by atoms with Gasteiger partial charge in [0.1, 0.15) is 5.75 Å². The van der Waals surface area contributed by atoms with Crippen LogP contribution in [0.3, 0.4) is 0 Å². The molecule has 2 aromatic rings. The molecule has 0 saturated heterocycles. The number of halogens is 1. The number of hydrogen-bond donors (Lipinski definition) is 2. The second kappa shape index (κ2) is 9.82. The molecule has 0 aliphatic heterocycles. The zero-order chi connectivity index (χ0) is 18.9. The van der Waals surface area contributed by atoms with Crippen LogP contribution in [-0.2, 0) is 4.79 Å². The molecule has 2 rings (SSSR count). The third-order valence-electron chi connectivity index (χ3n) is 3.50. The van der Waals surface area contributed by atoms with Crippen LogP contribution in [-0.4, -0.2) is 30.9 Å². The number of phenolic OH excluding ortho intramolecular Hbond substituents is 1. The van der Waals surface area contributed by atoms with E-state index >= 15 is 0 Å². The number of nitrogens with zero attached hydrogens (tertiary/aromatic N) is 1. The van der Waals surface area contributed by atoms with Crippen molar-refractivity contribution in [3.8, 4) is 17.2 Å². The maximum atomic E-state index is 11.8. The molecule has 2 N–H and O–H groups in total. The summed E-state index contributed by atoms with van der Waals surface area (Å²) < 4.78 is 11.6. The SMILES string of the molecule is COc1cc(/C=N/NC(=O)CCCOc2ccc(C)cc2Br)ccc1O. The zero-order valence-corrected chi connectivity index (χ0v) is 16.2. The van der Waals surface area contributed by atoms with Gasteiger partial charge in [-0.1, -0.05) is 6.07 Å². The summed E-state index contributed by atoms with van der Waals surface area (Å²) >= 11 is 3.45. The summed E-state index contributed by atoms with van der Waals surface area (Å²) in [6, 6.07) is 10.6. The topological polar surface area (TPSA) is 80.2 Å². The van der Waals surface area contributed by atoms with Crippen LogP contribution in [0.2, 0.25) is 0 Å². The summed E-state index contributed by atoms with van der Waals surface area (Å²) in [5, 5.41) is 13.4. The smallest absolute Gasteiger partial charge is 0.240 e. The Kier molecular flexibility index (Phi) is 7.47. The summed E-state index contributed by atoms with van der Waals surface area (Å²) in [7, 11) is 1.47. The van der Waals surface area contributed by atoms with Crippen LogP contribution < -0.4 is 14.9 Å². The van der Waals surface area contributed by atoms with Gasteiger partial charge in [0, 0.05) is 6.42 Å². The van der Waals surface area contributed by atoms with Crippen LogP contribution in [0, 0.1) is 6.92 Å². The fourth-order valence-corrected chi connectivity index (χ4v) is 2.75. The number of phenols is 1. The summed E-state index contributed by atoms with van der Waals surface area (Å²) in [4.78, 5) is 11.8. The number of aromatic hydroxyl groups is 1. The minimum atomic E-state index is -0.196. The summed E-state index contributed by atoms with van der Waals surface area (Å²) in [5.74, 6) is 0.961. The molecule has 138 valence electrons. The lowest BCUT2D eigenvalue weighted by atomic mass is 10.2. The Balaban J connectivity index is 1.72. The van der Waals surface area contributed by atoms with E-state index in [0.29, 0.717) is 30.8 Å². The third-order valence-corrected chi connectivity index (χ3v) is 4.12. The van der Waals surface area contributed by atoms with E-state index in [1.807, 2.05) is 25.1 Å². The van der Waals surface area contributed by atoms with Gasteiger partial charge >= 0.3 is 0 Å². The van der Waals surface area contributed by atoms with Gasteiger partial charge in [-0.25, -0.2) is 5.43 Å². The number of hydrogen-bond acceptors (Lipinski definition) is 5. The van der Waals surface area contributed by atoms with Gasteiger partial charge in [-0.3, -0.25) is 4.79 Å². The van der Waals surface area contributed by atoms with E-state index in [9.17, 15) is 9.90 Å². The zero-order valence-electron chi connectivity index (χ0n) is 14.7. The fourth-order valence-electron chi connectivity index (χ4n) is 2.15. The molecule has 0 bridgehead atoms. The summed E-state index contributed by atoms with van der Waals surface area (Å²) in [6.07, 6.45) is 2.37. The second-order valence-corrected chi connectivity index (χ2v) is 6.46. The second-order valence-electron chi connectivity index (χ2n) is 5.61. The molecule has 0 fully saturated rings. The number of hydrazone groups is 1. The van der Waals surface area contributed by atoms with E-state index in [1.165, 1.54) is 19.4 Å². The predicted octanol–water partition coefficient (Wildman–Crippen LogP) is 3.78. The maximum Gasteiger partial charge on any atom is 0.240 e. The molecule has 0 aliphatic carbocycles. The molecule has 0 radical (unpaired) electrons. The monoisotopic (exact) mass is 420 g/mol. The average Bonchev–Trinajstić information content (AvgIpc) is 2.61. The van der Waals surface area contributed by atoms with E-state index < -0.39 is 0 Å². The van der Waals surface area contributed by atoms with Crippen LogP contribution in [0.25, 0.3) is 0 Å². The van der Waals surface area contributed by atoms with E-state index in [-0.39, 0.29) is 11.7 Å². The van der Waals surface area contributed by atoms with Crippen LogP contribution in [0.15, 0.2) is 46.0 Å². The highest BCUT2D eigenvalue weighted by Gasteiger charge is 2.04. The molecule has 7 heteroatoms. The number of amides is 1. The molecule has 1 amide bonds. The van der Waals surface area contributed by atoms with Gasteiger partial charge in [0.2, 0.25) is 5.91 Å². The molecule has 0 aliphatic rings. The highest BCUT2D eigenvalue weighted by molar-refractivity contribution is 9.10. The van der Waals surface area contributed by atoms with Crippen LogP contribution in [0.5, 0.6) is 17.2 Å². The van der Waals surface area contributed by atoms with Crippen LogP contribution in [0.4, 0.5) is 0 Å². The molecule has 0 unspecified atom stereocenters. The molecular weight excluding hydrogens is 400 g/mol. The van der Waals surface area contributed by atoms with Gasteiger partial charge in [-0.15, -0.1) is 0 Å². The Morgan fingerprint density at radius 1 is 1.27 bits per heavy atom. The molecule has 6 nitrogen and oxygen atoms in total. The largest absolute Gasteiger partial charge is 0.504 e. The van der Waals surface area contributed by atoms with E-state index in [4.69, 9.17) is 9.47 Å². The molecular formula is C19H21BrN2O4. The van der Waals surface area contributed by atoms with E-state index in [0.717, 1.165) is 15.8 Å². The standard InChI is InChI=1S/C19H21BrN2O4/c1-13-5-8-17(15(20)10-13)26-9-3-4-19(24)22-21-12-14-6-7-16(23)18(11-14)25-2/h5-8,10-12,23H,3-4,9H2,1-2H3,(H,22,24)/b21-12+. The average molecular weight is 421 g/mol. The van der Waals surface area contributed by atoms with Gasteiger partial charge in [0.25, 0.3) is 0 Å². The van der Waals surface area contributed by atoms with Gasteiger partial charge in [-0.05, 0) is 70.7 Å². The lowest BCUT2D eigenvalue weighted by molar-refractivity contribution is -0.121. The molecule has 0 spiro atoms. The highest BCUT2D eigenvalue weighted by atomic mass is 79.9. The maximum absolute atomic E-state index is 11.8. The fraction of sp³-hybridized carbons (Fsp3) is 0.263. The molecule has 0 saturated carbocycles. The van der Waals surface area contributed by atoms with Crippen molar-refractivity contribution < 1.29 is 19.4 Å². The first-order valence-corrected chi connectivity index (χ1v) is 8.86. The van der Waals surface area contributed by atoms with Crippen molar-refractivity contribution in [3.05, 3.63) is 52.0 Å². The normalized spacial score (nSPS) is 10.7. The number of carbonyl (C=O) groups excluding carboxylic acids is 1. The Morgan fingerprint density at radius 3 is 2.81 bits per heavy atom. The number of methoxy groups -OCH3 is 1. The molecule has 0 heterocycles. The van der Waals surface area contributed by atoms with Crippen molar-refractivity contribution >= 4 is 28.1 Å². The van der Waals surface area contributed by atoms with Crippen molar-refractivity contribution in [3.63, 3.8) is 0 Å². The molecule has 2 aromatic carbocycles. The Morgan fingerprint density at radius 2 is 2.08 bits per heavy atom. The number of rotatable bonds is 8. The summed E-state index contributed by atoms with van der Waals surface area (Å²) in [5.41, 5.74) is 4.31. The molecule has 0 atom stereocenters. The van der Waals surface area contributed by atoms with E-state index in [1.54, 1.807) is 12.1 Å². The van der Waals surface area contributed by atoms with Gasteiger partial charge < -0.3 is 14.6 Å². The van der Waals surface area contributed by atoms with Crippen molar-refractivity contribution in [1.29, 1.82) is 0 Å². The lowest BCUT2D eigenvalue weighted by Gasteiger charge is -2.08. The molecule has 0 aromatic heterocycles. The number of nitrogens with one attached hydrogen (secondary N) is 1. The van der Waals surface area contributed by atoms with Gasteiger partial charge in [0.15, 0.2) is 11.5 Å². The van der Waals surface area contributed by atoms with Crippen molar-refractivity contribution in [2.75, 3.05) is 13.7 Å². The lowest BCUT2D eigenvalue weighted by Crippen LogP contribution is -2.18.